The predicted octanol–water partition coefficient (Wildman–Crippen LogP) is 1.80. The van der Waals surface area contributed by atoms with Crippen LogP contribution in [0.3, 0.4) is 0 Å². The molecule has 112 valence electrons. The third-order valence-electron chi connectivity index (χ3n) is 4.42. The van der Waals surface area contributed by atoms with Crippen molar-refractivity contribution in [2.75, 3.05) is 18.9 Å². The average Bonchev–Trinajstić information content (AvgIpc) is 2.99. The van der Waals surface area contributed by atoms with E-state index in [1.165, 1.54) is 0 Å². The molecule has 21 heavy (non-hydrogen) atoms. The molecule has 0 saturated carbocycles. The van der Waals surface area contributed by atoms with Crippen LogP contribution in [0, 0.1) is 5.92 Å². The summed E-state index contributed by atoms with van der Waals surface area (Å²) >= 11 is 0. The van der Waals surface area contributed by atoms with E-state index < -0.39 is 0 Å². The van der Waals surface area contributed by atoms with Crippen LogP contribution >= 0.6 is 0 Å². The molecule has 6 nitrogen and oxygen atoms in total. The Morgan fingerprint density at radius 1 is 1.29 bits per heavy atom. The standard InChI is InChI=1S/C15H22N6/c1-11-9-20(3)12(2)7-15(11)17-13-5-4-6-14(8-13)21-10-16-18-19-21/h4-6,8,10-12,15,17H,7,9H2,1-3H3. The molecule has 3 unspecified atom stereocenters. The number of hydrogen-bond acceptors (Lipinski definition) is 5. The van der Waals surface area contributed by atoms with Crippen LogP contribution in [0.5, 0.6) is 0 Å². The minimum Gasteiger partial charge on any atom is -0.382 e. The van der Waals surface area contributed by atoms with Gasteiger partial charge in [0.2, 0.25) is 0 Å². The molecule has 0 spiro atoms. The lowest BCUT2D eigenvalue weighted by molar-refractivity contribution is 0.145. The Labute approximate surface area is 125 Å². The molecule has 0 aliphatic carbocycles. The third-order valence-corrected chi connectivity index (χ3v) is 4.42. The van der Waals surface area contributed by atoms with Crippen LogP contribution in [0.1, 0.15) is 20.3 Å². The maximum Gasteiger partial charge on any atom is 0.143 e. The van der Waals surface area contributed by atoms with Gasteiger partial charge in [0.15, 0.2) is 0 Å². The second-order valence-corrected chi connectivity index (χ2v) is 6.06. The van der Waals surface area contributed by atoms with E-state index in [9.17, 15) is 0 Å². The summed E-state index contributed by atoms with van der Waals surface area (Å²) in [5.41, 5.74) is 2.09. The van der Waals surface area contributed by atoms with E-state index in [4.69, 9.17) is 0 Å². The van der Waals surface area contributed by atoms with Gasteiger partial charge in [0.25, 0.3) is 0 Å². The van der Waals surface area contributed by atoms with Crippen molar-refractivity contribution >= 4 is 5.69 Å². The number of nitrogens with one attached hydrogen (secondary N) is 1. The van der Waals surface area contributed by atoms with Gasteiger partial charge in [-0.25, -0.2) is 4.68 Å². The fraction of sp³-hybridized carbons (Fsp3) is 0.533. The Morgan fingerprint density at radius 3 is 2.90 bits per heavy atom. The van der Waals surface area contributed by atoms with Crippen molar-refractivity contribution in [1.82, 2.24) is 25.1 Å². The Morgan fingerprint density at radius 2 is 2.14 bits per heavy atom. The molecule has 2 heterocycles. The minimum absolute atomic E-state index is 0.500. The van der Waals surface area contributed by atoms with Gasteiger partial charge in [-0.15, -0.1) is 5.10 Å². The molecule has 0 radical (unpaired) electrons. The largest absolute Gasteiger partial charge is 0.382 e. The summed E-state index contributed by atoms with van der Waals surface area (Å²) in [5.74, 6) is 0.628. The summed E-state index contributed by atoms with van der Waals surface area (Å²) in [6, 6.07) is 9.34. The third kappa shape index (κ3) is 3.05. The molecule has 3 atom stereocenters. The van der Waals surface area contributed by atoms with Crippen LogP contribution in [0.25, 0.3) is 5.69 Å². The van der Waals surface area contributed by atoms with E-state index >= 15 is 0 Å². The van der Waals surface area contributed by atoms with Gasteiger partial charge in [0.05, 0.1) is 5.69 Å². The number of likely N-dealkylation sites (tertiary alicyclic amines) is 1. The number of aromatic nitrogens is 4. The summed E-state index contributed by atoms with van der Waals surface area (Å²) in [4.78, 5) is 2.43. The first kappa shape index (κ1) is 14.0. The molecular formula is C15H22N6. The van der Waals surface area contributed by atoms with Crippen LogP contribution in [0.4, 0.5) is 5.69 Å². The summed E-state index contributed by atoms with van der Waals surface area (Å²) < 4.78 is 1.67. The number of anilines is 1. The zero-order valence-corrected chi connectivity index (χ0v) is 12.8. The van der Waals surface area contributed by atoms with E-state index in [0.29, 0.717) is 18.0 Å². The van der Waals surface area contributed by atoms with Crippen LogP contribution in [-0.4, -0.2) is 50.8 Å². The molecule has 1 aromatic carbocycles. The van der Waals surface area contributed by atoms with Crippen LogP contribution < -0.4 is 5.32 Å². The summed E-state index contributed by atoms with van der Waals surface area (Å²) in [6.07, 6.45) is 2.77. The maximum atomic E-state index is 3.93. The Kier molecular flexibility index (Phi) is 3.88. The molecule has 1 saturated heterocycles. The quantitative estimate of drug-likeness (QED) is 0.932. The molecule has 0 bridgehead atoms. The van der Waals surface area contributed by atoms with Crippen molar-refractivity contribution in [1.29, 1.82) is 0 Å². The summed E-state index contributed by atoms with van der Waals surface area (Å²) in [5, 5.41) is 15.0. The minimum atomic E-state index is 0.500. The van der Waals surface area contributed by atoms with Gasteiger partial charge in [0.1, 0.15) is 6.33 Å². The SMILES string of the molecule is CC1CN(C)C(C)CC1Nc1cccc(-n2cnnn2)c1. The maximum absolute atomic E-state index is 3.93. The van der Waals surface area contributed by atoms with Gasteiger partial charge < -0.3 is 10.2 Å². The van der Waals surface area contributed by atoms with E-state index in [0.717, 1.165) is 24.3 Å². The normalized spacial score (nSPS) is 26.7. The topological polar surface area (TPSA) is 58.9 Å². The number of hydrogen-bond donors (Lipinski definition) is 1. The molecule has 0 amide bonds. The van der Waals surface area contributed by atoms with Crippen molar-refractivity contribution in [3.05, 3.63) is 30.6 Å². The highest BCUT2D eigenvalue weighted by Crippen LogP contribution is 2.25. The molecule has 1 aromatic heterocycles. The fourth-order valence-corrected chi connectivity index (χ4v) is 2.97. The van der Waals surface area contributed by atoms with E-state index in [1.54, 1.807) is 11.0 Å². The Bertz CT molecular complexity index is 582. The first-order valence-electron chi connectivity index (χ1n) is 7.43. The smallest absolute Gasteiger partial charge is 0.143 e. The Balaban J connectivity index is 1.74. The lowest BCUT2D eigenvalue weighted by atomic mass is 9.89. The van der Waals surface area contributed by atoms with Gasteiger partial charge in [0, 0.05) is 24.3 Å². The van der Waals surface area contributed by atoms with Gasteiger partial charge >= 0.3 is 0 Å². The molecule has 1 N–H and O–H groups in total. The average molecular weight is 286 g/mol. The van der Waals surface area contributed by atoms with Crippen molar-refractivity contribution in [3.63, 3.8) is 0 Å². The molecular weight excluding hydrogens is 264 g/mol. The Hall–Kier alpha value is -1.95. The number of nitrogens with zero attached hydrogens (tertiary/aromatic N) is 5. The van der Waals surface area contributed by atoms with E-state index in [-0.39, 0.29) is 0 Å². The molecule has 1 aliphatic heterocycles. The van der Waals surface area contributed by atoms with Crippen LogP contribution in [0.15, 0.2) is 30.6 Å². The molecule has 1 fully saturated rings. The first-order valence-corrected chi connectivity index (χ1v) is 7.43. The van der Waals surface area contributed by atoms with Gasteiger partial charge in [-0.05, 0) is 54.9 Å². The second-order valence-electron chi connectivity index (χ2n) is 6.06. The number of rotatable bonds is 3. The highest BCUT2D eigenvalue weighted by atomic mass is 15.5. The summed E-state index contributed by atoms with van der Waals surface area (Å²) in [6.45, 7) is 5.73. The monoisotopic (exact) mass is 286 g/mol. The van der Waals surface area contributed by atoms with Gasteiger partial charge in [-0.1, -0.05) is 13.0 Å². The second kappa shape index (κ2) is 5.81. The van der Waals surface area contributed by atoms with Gasteiger partial charge in [-0.3, -0.25) is 0 Å². The summed E-state index contributed by atoms with van der Waals surface area (Å²) in [7, 11) is 2.20. The zero-order valence-electron chi connectivity index (χ0n) is 12.8. The van der Waals surface area contributed by atoms with Crippen LogP contribution in [0.2, 0.25) is 0 Å². The number of tetrazole rings is 1. The number of benzene rings is 1. The van der Waals surface area contributed by atoms with Crippen molar-refractivity contribution in [2.45, 2.75) is 32.4 Å². The zero-order chi connectivity index (χ0) is 14.8. The van der Waals surface area contributed by atoms with Crippen molar-refractivity contribution in [3.8, 4) is 5.69 Å². The molecule has 2 aromatic rings. The van der Waals surface area contributed by atoms with E-state index in [1.807, 2.05) is 12.1 Å². The van der Waals surface area contributed by atoms with Crippen molar-refractivity contribution in [2.24, 2.45) is 5.92 Å². The van der Waals surface area contributed by atoms with E-state index in [2.05, 4.69) is 58.8 Å². The van der Waals surface area contributed by atoms with Crippen molar-refractivity contribution < 1.29 is 0 Å². The fourth-order valence-electron chi connectivity index (χ4n) is 2.97. The highest BCUT2D eigenvalue weighted by molar-refractivity contribution is 5.51. The van der Waals surface area contributed by atoms with Crippen LogP contribution in [-0.2, 0) is 0 Å². The number of piperidine rings is 1. The van der Waals surface area contributed by atoms with Gasteiger partial charge in [-0.2, -0.15) is 0 Å². The highest BCUT2D eigenvalue weighted by Gasteiger charge is 2.28. The molecule has 6 heteroatoms. The molecule has 1 aliphatic rings. The lowest BCUT2D eigenvalue weighted by Crippen LogP contribution is -2.48. The predicted molar refractivity (Wildman–Crippen MR) is 82.4 cm³/mol. The molecule has 3 rings (SSSR count). The first-order chi connectivity index (χ1) is 10.1. The lowest BCUT2D eigenvalue weighted by Gasteiger charge is -2.40.